The summed E-state index contributed by atoms with van der Waals surface area (Å²) in [5, 5.41) is 1.08. The van der Waals surface area contributed by atoms with Gasteiger partial charge in [-0.25, -0.2) is 4.79 Å². The van der Waals surface area contributed by atoms with Crippen LogP contribution in [0.4, 0.5) is 0 Å². The maximum absolute atomic E-state index is 12.6. The maximum atomic E-state index is 12.6. The molecule has 1 aliphatic heterocycles. The molecule has 2 heterocycles. The predicted octanol–water partition coefficient (Wildman–Crippen LogP) is 4.08. The van der Waals surface area contributed by atoms with Crippen LogP contribution < -0.4 is 15.1 Å². The van der Waals surface area contributed by atoms with E-state index in [1.54, 1.807) is 7.11 Å². The van der Waals surface area contributed by atoms with E-state index in [2.05, 4.69) is 23.1 Å². The van der Waals surface area contributed by atoms with Crippen LogP contribution in [0, 0.1) is 0 Å². The summed E-state index contributed by atoms with van der Waals surface area (Å²) in [6.45, 7) is 2.14. The molecule has 2 aromatic carbocycles. The van der Waals surface area contributed by atoms with E-state index >= 15 is 0 Å². The third kappa shape index (κ3) is 3.40. The SMILES string of the molecule is COc1ccc(CCN2COc3ccc4c5c(c(=O)oc4c3C2)CCCC5)cc1. The van der Waals surface area contributed by atoms with Crippen molar-refractivity contribution in [3.05, 3.63) is 69.1 Å². The van der Waals surface area contributed by atoms with Crippen molar-refractivity contribution in [1.29, 1.82) is 0 Å². The number of rotatable bonds is 4. The molecule has 3 aromatic rings. The average Bonchev–Trinajstić information content (AvgIpc) is 2.78. The molecule has 1 aromatic heterocycles. The average molecular weight is 391 g/mol. The molecule has 0 saturated carbocycles. The second kappa shape index (κ2) is 7.56. The molecular formula is C24H25NO4. The van der Waals surface area contributed by atoms with E-state index < -0.39 is 0 Å². The van der Waals surface area contributed by atoms with Gasteiger partial charge in [0.15, 0.2) is 0 Å². The predicted molar refractivity (Wildman–Crippen MR) is 112 cm³/mol. The summed E-state index contributed by atoms with van der Waals surface area (Å²) in [5.41, 5.74) is 4.85. The fraction of sp³-hybridized carbons (Fsp3) is 0.375. The topological polar surface area (TPSA) is 51.9 Å². The molecule has 150 valence electrons. The summed E-state index contributed by atoms with van der Waals surface area (Å²) in [5.74, 6) is 1.70. The largest absolute Gasteiger partial charge is 0.497 e. The van der Waals surface area contributed by atoms with Crippen molar-refractivity contribution < 1.29 is 13.9 Å². The Labute approximate surface area is 169 Å². The van der Waals surface area contributed by atoms with Crippen LogP contribution in [0.25, 0.3) is 11.0 Å². The van der Waals surface area contributed by atoms with Gasteiger partial charge in [-0.05, 0) is 67.5 Å². The van der Waals surface area contributed by atoms with Crippen molar-refractivity contribution in [2.45, 2.75) is 38.6 Å². The summed E-state index contributed by atoms with van der Waals surface area (Å²) in [4.78, 5) is 14.8. The highest BCUT2D eigenvalue weighted by Crippen LogP contribution is 2.35. The molecular weight excluding hydrogens is 366 g/mol. The standard InChI is InChI=1S/C24H25NO4/c1-27-17-8-6-16(7-9-17)12-13-25-14-21-22(28-15-25)11-10-19-18-4-2-3-5-20(18)24(26)29-23(19)21/h6-11H,2-5,12-15H2,1H3. The lowest BCUT2D eigenvalue weighted by Crippen LogP contribution is -2.34. The van der Waals surface area contributed by atoms with Crippen LogP contribution in [-0.4, -0.2) is 25.3 Å². The first-order valence-electron chi connectivity index (χ1n) is 10.3. The molecule has 0 saturated heterocycles. The van der Waals surface area contributed by atoms with Crippen molar-refractivity contribution >= 4 is 11.0 Å². The van der Waals surface area contributed by atoms with E-state index in [1.165, 1.54) is 11.1 Å². The van der Waals surface area contributed by atoms with Crippen LogP contribution in [0.1, 0.15) is 35.1 Å². The Kier molecular flexibility index (Phi) is 4.76. The van der Waals surface area contributed by atoms with Gasteiger partial charge in [0.05, 0.1) is 12.7 Å². The van der Waals surface area contributed by atoms with E-state index in [4.69, 9.17) is 13.9 Å². The highest BCUT2D eigenvalue weighted by molar-refractivity contribution is 5.86. The van der Waals surface area contributed by atoms with Crippen molar-refractivity contribution in [2.75, 3.05) is 20.4 Å². The molecule has 0 atom stereocenters. The van der Waals surface area contributed by atoms with Gasteiger partial charge in [-0.15, -0.1) is 0 Å². The first-order valence-corrected chi connectivity index (χ1v) is 10.3. The van der Waals surface area contributed by atoms with Gasteiger partial charge in [0.25, 0.3) is 0 Å². The van der Waals surface area contributed by atoms with Gasteiger partial charge in [0.2, 0.25) is 0 Å². The number of aryl methyl sites for hydroxylation is 1. The Morgan fingerprint density at radius 3 is 2.59 bits per heavy atom. The van der Waals surface area contributed by atoms with E-state index in [-0.39, 0.29) is 5.63 Å². The van der Waals surface area contributed by atoms with Crippen molar-refractivity contribution in [3.63, 3.8) is 0 Å². The summed E-state index contributed by atoms with van der Waals surface area (Å²) in [6, 6.07) is 12.3. The molecule has 29 heavy (non-hydrogen) atoms. The number of nitrogens with zero attached hydrogens (tertiary/aromatic N) is 1. The summed E-state index contributed by atoms with van der Waals surface area (Å²) >= 11 is 0. The zero-order valence-electron chi connectivity index (χ0n) is 16.7. The molecule has 0 fully saturated rings. The van der Waals surface area contributed by atoms with E-state index in [9.17, 15) is 4.79 Å². The zero-order valence-corrected chi connectivity index (χ0v) is 16.7. The Morgan fingerprint density at radius 2 is 1.79 bits per heavy atom. The Balaban J connectivity index is 1.41. The number of ether oxygens (including phenoxy) is 2. The van der Waals surface area contributed by atoms with Gasteiger partial charge in [0.1, 0.15) is 23.8 Å². The Bertz CT molecular complexity index is 1100. The molecule has 0 bridgehead atoms. The van der Waals surface area contributed by atoms with Crippen molar-refractivity contribution in [1.82, 2.24) is 4.90 Å². The second-order valence-corrected chi connectivity index (χ2v) is 7.90. The fourth-order valence-corrected chi connectivity index (χ4v) is 4.48. The highest BCUT2D eigenvalue weighted by Gasteiger charge is 2.25. The minimum absolute atomic E-state index is 0.170. The van der Waals surface area contributed by atoms with Crippen LogP contribution >= 0.6 is 0 Å². The minimum atomic E-state index is -0.170. The van der Waals surface area contributed by atoms with Gasteiger partial charge >= 0.3 is 5.63 Å². The first-order chi connectivity index (χ1) is 14.2. The van der Waals surface area contributed by atoms with E-state index in [1.807, 2.05) is 18.2 Å². The molecule has 5 rings (SSSR count). The normalized spacial score (nSPS) is 16.2. The highest BCUT2D eigenvalue weighted by atomic mass is 16.5. The molecule has 0 radical (unpaired) electrons. The van der Waals surface area contributed by atoms with Gasteiger partial charge < -0.3 is 13.9 Å². The third-order valence-electron chi connectivity index (χ3n) is 6.11. The summed E-state index contributed by atoms with van der Waals surface area (Å²) in [6.07, 6.45) is 4.91. The molecule has 5 nitrogen and oxygen atoms in total. The number of hydrogen-bond donors (Lipinski definition) is 0. The lowest BCUT2D eigenvalue weighted by molar-refractivity contribution is 0.0967. The maximum Gasteiger partial charge on any atom is 0.339 e. The summed E-state index contributed by atoms with van der Waals surface area (Å²) < 4.78 is 17.0. The lowest BCUT2D eigenvalue weighted by Gasteiger charge is -2.29. The Hall–Kier alpha value is -2.79. The number of hydrogen-bond acceptors (Lipinski definition) is 5. The van der Waals surface area contributed by atoms with E-state index in [0.29, 0.717) is 12.3 Å². The molecule has 0 unspecified atom stereocenters. The van der Waals surface area contributed by atoms with Crippen molar-refractivity contribution in [2.24, 2.45) is 0 Å². The van der Waals surface area contributed by atoms with Crippen LogP contribution in [0.5, 0.6) is 11.5 Å². The van der Waals surface area contributed by atoms with Crippen LogP contribution in [0.2, 0.25) is 0 Å². The van der Waals surface area contributed by atoms with Crippen LogP contribution in [0.3, 0.4) is 0 Å². The number of methoxy groups -OCH3 is 1. The molecule has 0 spiro atoms. The monoisotopic (exact) mass is 391 g/mol. The lowest BCUT2D eigenvalue weighted by atomic mass is 9.90. The van der Waals surface area contributed by atoms with Gasteiger partial charge in [-0.3, -0.25) is 4.90 Å². The van der Waals surface area contributed by atoms with Gasteiger partial charge in [-0.2, -0.15) is 0 Å². The molecule has 5 heteroatoms. The fourth-order valence-electron chi connectivity index (χ4n) is 4.48. The van der Waals surface area contributed by atoms with Crippen molar-refractivity contribution in [3.8, 4) is 11.5 Å². The smallest absolute Gasteiger partial charge is 0.339 e. The van der Waals surface area contributed by atoms with Crippen LogP contribution in [-0.2, 0) is 25.8 Å². The molecule has 0 N–H and O–H groups in total. The third-order valence-corrected chi connectivity index (χ3v) is 6.11. The van der Waals surface area contributed by atoms with Gasteiger partial charge in [0, 0.05) is 24.0 Å². The summed E-state index contributed by atoms with van der Waals surface area (Å²) in [7, 11) is 1.68. The molecule has 1 aliphatic carbocycles. The second-order valence-electron chi connectivity index (χ2n) is 7.90. The van der Waals surface area contributed by atoms with E-state index in [0.717, 1.165) is 73.2 Å². The number of fused-ring (bicyclic) bond motifs is 5. The Morgan fingerprint density at radius 1 is 1.00 bits per heavy atom. The molecule has 2 aliphatic rings. The van der Waals surface area contributed by atoms with Gasteiger partial charge in [-0.1, -0.05) is 12.1 Å². The first kappa shape index (κ1) is 18.3. The number of benzene rings is 2. The quantitative estimate of drug-likeness (QED) is 0.628. The van der Waals surface area contributed by atoms with Crippen LogP contribution in [0.15, 0.2) is 45.6 Å². The minimum Gasteiger partial charge on any atom is -0.497 e. The zero-order chi connectivity index (χ0) is 19.8. The molecule has 0 amide bonds.